The van der Waals surface area contributed by atoms with Gasteiger partial charge in [0.05, 0.1) is 5.69 Å². The van der Waals surface area contributed by atoms with Crippen LogP contribution in [0.25, 0.3) is 11.5 Å². The molecule has 0 fully saturated rings. The molecule has 4 aromatic rings. The summed E-state index contributed by atoms with van der Waals surface area (Å²) in [6, 6.07) is 27.8. The second-order valence-electron chi connectivity index (χ2n) is 7.72. The van der Waals surface area contributed by atoms with Crippen LogP contribution >= 0.6 is 11.8 Å². The van der Waals surface area contributed by atoms with Crippen molar-refractivity contribution in [1.29, 1.82) is 0 Å². The van der Waals surface area contributed by atoms with E-state index in [9.17, 15) is 4.79 Å². The summed E-state index contributed by atoms with van der Waals surface area (Å²) in [7, 11) is 0. The third-order valence-corrected chi connectivity index (χ3v) is 6.37. The molecule has 5 heteroatoms. The molecule has 0 aliphatic carbocycles. The SMILES string of the molecule is Cc1oc(-c2ccc(C(=O)NC[C@@H](C)c3ccccc3)cc2)nc1CSc1ccccc1. The highest BCUT2D eigenvalue weighted by molar-refractivity contribution is 7.98. The molecule has 0 spiro atoms. The highest BCUT2D eigenvalue weighted by Crippen LogP contribution is 2.27. The third kappa shape index (κ3) is 5.48. The van der Waals surface area contributed by atoms with E-state index in [0.29, 0.717) is 18.0 Å². The normalized spacial score (nSPS) is 11.8. The largest absolute Gasteiger partial charge is 0.441 e. The summed E-state index contributed by atoms with van der Waals surface area (Å²) in [5.41, 5.74) is 3.63. The molecule has 3 aromatic carbocycles. The van der Waals surface area contributed by atoms with Gasteiger partial charge in [0.15, 0.2) is 0 Å². The number of hydrogen-bond acceptors (Lipinski definition) is 4. The Morgan fingerprint density at radius 2 is 1.62 bits per heavy atom. The van der Waals surface area contributed by atoms with Crippen molar-refractivity contribution >= 4 is 17.7 Å². The van der Waals surface area contributed by atoms with Crippen LogP contribution in [0, 0.1) is 6.92 Å². The minimum Gasteiger partial charge on any atom is -0.441 e. The zero-order chi connectivity index (χ0) is 22.3. The molecule has 1 heterocycles. The first-order chi connectivity index (χ1) is 15.6. The standard InChI is InChI=1S/C27H26N2O2S/c1-19(21-9-5-3-6-10-21)17-28-26(30)22-13-15-23(16-14-22)27-29-25(20(2)31-27)18-32-24-11-7-4-8-12-24/h3-16,19H,17-18H2,1-2H3,(H,28,30)/t19-/m1/s1. The van der Waals surface area contributed by atoms with Crippen LogP contribution in [0.4, 0.5) is 0 Å². The first kappa shape index (κ1) is 21.9. The number of aryl methyl sites for hydroxylation is 1. The summed E-state index contributed by atoms with van der Waals surface area (Å²) in [6.07, 6.45) is 0. The molecule has 1 N–H and O–H groups in total. The van der Waals surface area contributed by atoms with Crippen LogP contribution in [-0.4, -0.2) is 17.4 Å². The molecule has 1 atom stereocenters. The van der Waals surface area contributed by atoms with Gasteiger partial charge in [0.2, 0.25) is 5.89 Å². The Balaban J connectivity index is 1.36. The average molecular weight is 443 g/mol. The molecule has 0 aliphatic rings. The predicted octanol–water partition coefficient (Wildman–Crippen LogP) is 6.48. The smallest absolute Gasteiger partial charge is 0.251 e. The minimum absolute atomic E-state index is 0.0807. The Labute approximate surface area is 193 Å². The minimum atomic E-state index is -0.0807. The van der Waals surface area contributed by atoms with Gasteiger partial charge in [0.1, 0.15) is 5.76 Å². The first-order valence-corrected chi connectivity index (χ1v) is 11.7. The quantitative estimate of drug-likeness (QED) is 0.318. The Morgan fingerprint density at radius 1 is 0.969 bits per heavy atom. The average Bonchev–Trinajstić information content (AvgIpc) is 3.22. The van der Waals surface area contributed by atoms with Gasteiger partial charge in [-0.3, -0.25) is 4.79 Å². The predicted molar refractivity (Wildman–Crippen MR) is 130 cm³/mol. The molecule has 0 radical (unpaired) electrons. The monoisotopic (exact) mass is 442 g/mol. The van der Waals surface area contributed by atoms with Gasteiger partial charge in [-0.25, -0.2) is 4.98 Å². The van der Waals surface area contributed by atoms with E-state index in [1.807, 2.05) is 67.6 Å². The second-order valence-corrected chi connectivity index (χ2v) is 8.77. The van der Waals surface area contributed by atoms with Crippen LogP contribution in [0.2, 0.25) is 0 Å². The van der Waals surface area contributed by atoms with Crippen molar-refractivity contribution in [1.82, 2.24) is 10.3 Å². The third-order valence-electron chi connectivity index (χ3n) is 5.34. The van der Waals surface area contributed by atoms with Crippen molar-refractivity contribution in [2.45, 2.75) is 30.4 Å². The Morgan fingerprint density at radius 3 is 2.31 bits per heavy atom. The molecule has 0 saturated heterocycles. The van der Waals surface area contributed by atoms with Gasteiger partial charge in [0.25, 0.3) is 5.91 Å². The lowest BCUT2D eigenvalue weighted by Crippen LogP contribution is -2.27. The number of thioether (sulfide) groups is 1. The number of rotatable bonds is 8. The number of oxazole rings is 1. The molecule has 162 valence electrons. The molecule has 0 saturated carbocycles. The summed E-state index contributed by atoms with van der Waals surface area (Å²) in [4.78, 5) is 18.4. The van der Waals surface area contributed by atoms with Crippen molar-refractivity contribution in [3.05, 3.63) is 108 Å². The molecule has 32 heavy (non-hydrogen) atoms. The second kappa shape index (κ2) is 10.3. The van der Waals surface area contributed by atoms with Crippen LogP contribution in [0.3, 0.4) is 0 Å². The summed E-state index contributed by atoms with van der Waals surface area (Å²) in [5.74, 6) is 2.32. The van der Waals surface area contributed by atoms with Crippen LogP contribution in [-0.2, 0) is 5.75 Å². The lowest BCUT2D eigenvalue weighted by molar-refractivity contribution is 0.0951. The summed E-state index contributed by atoms with van der Waals surface area (Å²) >= 11 is 1.73. The Hall–Kier alpha value is -3.31. The maximum atomic E-state index is 12.6. The van der Waals surface area contributed by atoms with Crippen LogP contribution < -0.4 is 5.32 Å². The van der Waals surface area contributed by atoms with E-state index in [2.05, 4.69) is 41.5 Å². The molecule has 1 amide bonds. The van der Waals surface area contributed by atoms with Crippen molar-refractivity contribution in [3.8, 4) is 11.5 Å². The zero-order valence-electron chi connectivity index (χ0n) is 18.2. The topological polar surface area (TPSA) is 55.1 Å². The van der Waals surface area contributed by atoms with Crippen LogP contribution in [0.1, 0.15) is 40.2 Å². The van der Waals surface area contributed by atoms with E-state index in [1.165, 1.54) is 10.5 Å². The lowest BCUT2D eigenvalue weighted by Gasteiger charge is -2.13. The fourth-order valence-corrected chi connectivity index (χ4v) is 4.29. The number of benzene rings is 3. The van der Waals surface area contributed by atoms with Crippen molar-refractivity contribution in [2.75, 3.05) is 6.54 Å². The lowest BCUT2D eigenvalue weighted by atomic mass is 10.0. The number of amides is 1. The van der Waals surface area contributed by atoms with E-state index < -0.39 is 0 Å². The fourth-order valence-electron chi connectivity index (χ4n) is 3.37. The van der Waals surface area contributed by atoms with Gasteiger partial charge >= 0.3 is 0 Å². The highest BCUT2D eigenvalue weighted by atomic mass is 32.2. The summed E-state index contributed by atoms with van der Waals surface area (Å²) in [5, 5.41) is 3.02. The van der Waals surface area contributed by atoms with E-state index in [4.69, 9.17) is 4.42 Å². The number of carbonyl (C=O) groups is 1. The van der Waals surface area contributed by atoms with E-state index in [1.54, 1.807) is 11.8 Å². The Bertz CT molecular complexity index is 1160. The number of nitrogens with zero attached hydrogens (tertiary/aromatic N) is 1. The first-order valence-electron chi connectivity index (χ1n) is 10.7. The van der Waals surface area contributed by atoms with Gasteiger partial charge in [-0.15, -0.1) is 11.8 Å². The van der Waals surface area contributed by atoms with Gasteiger partial charge in [0, 0.05) is 28.3 Å². The molecule has 4 nitrogen and oxygen atoms in total. The maximum Gasteiger partial charge on any atom is 0.251 e. The molecular weight excluding hydrogens is 416 g/mol. The number of aromatic nitrogens is 1. The molecule has 1 aromatic heterocycles. The molecule has 4 rings (SSSR count). The molecule has 0 unspecified atom stereocenters. The van der Waals surface area contributed by atoms with Crippen LogP contribution in [0.15, 0.2) is 94.2 Å². The van der Waals surface area contributed by atoms with Crippen molar-refractivity contribution in [2.24, 2.45) is 0 Å². The highest BCUT2D eigenvalue weighted by Gasteiger charge is 2.14. The van der Waals surface area contributed by atoms with E-state index >= 15 is 0 Å². The van der Waals surface area contributed by atoms with Gasteiger partial charge in [-0.05, 0) is 54.8 Å². The number of nitrogens with one attached hydrogen (secondary N) is 1. The van der Waals surface area contributed by atoms with Gasteiger partial charge in [-0.1, -0.05) is 55.5 Å². The fraction of sp³-hybridized carbons (Fsp3) is 0.185. The van der Waals surface area contributed by atoms with E-state index in [-0.39, 0.29) is 11.8 Å². The molecule has 0 aliphatic heterocycles. The Kier molecular flexibility index (Phi) is 7.07. The van der Waals surface area contributed by atoms with Crippen molar-refractivity contribution < 1.29 is 9.21 Å². The van der Waals surface area contributed by atoms with E-state index in [0.717, 1.165) is 22.8 Å². The van der Waals surface area contributed by atoms with Gasteiger partial charge < -0.3 is 9.73 Å². The number of hydrogen-bond donors (Lipinski definition) is 1. The number of carbonyl (C=O) groups excluding carboxylic acids is 1. The molecule has 0 bridgehead atoms. The van der Waals surface area contributed by atoms with Gasteiger partial charge in [-0.2, -0.15) is 0 Å². The van der Waals surface area contributed by atoms with Crippen molar-refractivity contribution in [3.63, 3.8) is 0 Å². The summed E-state index contributed by atoms with van der Waals surface area (Å²) < 4.78 is 5.89. The van der Waals surface area contributed by atoms with Crippen LogP contribution in [0.5, 0.6) is 0 Å². The molecular formula is C27H26N2O2S. The summed E-state index contributed by atoms with van der Waals surface area (Å²) in [6.45, 7) is 4.64. The zero-order valence-corrected chi connectivity index (χ0v) is 19.1. The maximum absolute atomic E-state index is 12.6.